The lowest BCUT2D eigenvalue weighted by Crippen LogP contribution is -2.51. The van der Waals surface area contributed by atoms with Gasteiger partial charge in [0.25, 0.3) is 11.8 Å². The standard InChI is InChI=1S/C26H38N4O3S/c1-18-5-7-21(8-6-18)23-27-25(32)26(28-23)12-14-30(15-13-26)34(33)16-11-20-9-10-22(17-19(20)2)24(31)29(3)4/h9-10,17-18,21H,5-8,11-16H2,1-4H3,(H,27,28,32). The summed E-state index contributed by atoms with van der Waals surface area (Å²) < 4.78 is 15.0. The van der Waals surface area contributed by atoms with Gasteiger partial charge in [0.05, 0.1) is 0 Å². The SMILES string of the molecule is Cc1cc(C(=O)N(C)C)ccc1CC[S+]([O-])N1CCC2(CC1)N=C(C1CCC(C)CC1)NC2=O. The van der Waals surface area contributed by atoms with Crippen molar-refractivity contribution in [2.75, 3.05) is 32.9 Å². The lowest BCUT2D eigenvalue weighted by atomic mass is 9.82. The molecule has 1 unspecified atom stereocenters. The number of nitrogens with zero attached hydrogens (tertiary/aromatic N) is 3. The van der Waals surface area contributed by atoms with Crippen LogP contribution in [0, 0.1) is 18.8 Å². The minimum absolute atomic E-state index is 0.0136. The summed E-state index contributed by atoms with van der Waals surface area (Å²) >= 11 is -1.10. The van der Waals surface area contributed by atoms with E-state index >= 15 is 0 Å². The van der Waals surface area contributed by atoms with Crippen molar-refractivity contribution in [2.45, 2.75) is 64.3 Å². The van der Waals surface area contributed by atoms with Gasteiger partial charge < -0.3 is 14.8 Å². The van der Waals surface area contributed by atoms with E-state index in [0.717, 1.165) is 35.7 Å². The second-order valence-corrected chi connectivity index (χ2v) is 12.1. The number of rotatable bonds is 6. The van der Waals surface area contributed by atoms with Gasteiger partial charge in [0, 0.05) is 56.4 Å². The first kappa shape index (κ1) is 25.2. The van der Waals surface area contributed by atoms with Gasteiger partial charge in [-0.2, -0.15) is 0 Å². The van der Waals surface area contributed by atoms with Crippen molar-refractivity contribution >= 4 is 29.0 Å². The lowest BCUT2D eigenvalue weighted by Gasteiger charge is -2.35. The summed E-state index contributed by atoms with van der Waals surface area (Å²) in [6.45, 7) is 5.53. The van der Waals surface area contributed by atoms with Crippen molar-refractivity contribution in [3.05, 3.63) is 34.9 Å². The lowest BCUT2D eigenvalue weighted by molar-refractivity contribution is -0.125. The molecule has 2 heterocycles. The Bertz CT molecular complexity index is 947. The van der Waals surface area contributed by atoms with Crippen LogP contribution in [-0.2, 0) is 22.6 Å². The maximum Gasteiger partial charge on any atom is 0.253 e. The highest BCUT2D eigenvalue weighted by molar-refractivity contribution is 7.89. The molecule has 0 radical (unpaired) electrons. The molecule has 0 bridgehead atoms. The third kappa shape index (κ3) is 5.34. The summed E-state index contributed by atoms with van der Waals surface area (Å²) in [5, 5.41) is 3.10. The van der Waals surface area contributed by atoms with Gasteiger partial charge in [0.15, 0.2) is 0 Å². The number of piperidine rings is 1. The van der Waals surface area contributed by atoms with Gasteiger partial charge in [-0.1, -0.05) is 25.8 Å². The molecule has 1 N–H and O–H groups in total. The molecule has 0 aromatic heterocycles. The molecule has 34 heavy (non-hydrogen) atoms. The number of carbonyl (C=O) groups excluding carboxylic acids is 2. The fourth-order valence-electron chi connectivity index (χ4n) is 5.36. The second kappa shape index (κ2) is 10.4. The van der Waals surface area contributed by atoms with Crippen molar-refractivity contribution in [2.24, 2.45) is 16.8 Å². The Hall–Kier alpha value is -1.90. The molecule has 8 heteroatoms. The van der Waals surface area contributed by atoms with Crippen molar-refractivity contribution in [3.63, 3.8) is 0 Å². The highest BCUT2D eigenvalue weighted by Gasteiger charge is 2.48. The maximum atomic E-state index is 13.0. The molecule has 2 aliphatic heterocycles. The average molecular weight is 487 g/mol. The van der Waals surface area contributed by atoms with Crippen LogP contribution in [-0.4, -0.2) is 69.9 Å². The summed E-state index contributed by atoms with van der Waals surface area (Å²) in [6.07, 6.45) is 6.56. The predicted molar refractivity (Wildman–Crippen MR) is 136 cm³/mol. The Kier molecular flexibility index (Phi) is 7.69. The molecule has 1 aliphatic carbocycles. The summed E-state index contributed by atoms with van der Waals surface area (Å²) in [5.41, 5.74) is 2.17. The van der Waals surface area contributed by atoms with E-state index in [-0.39, 0.29) is 11.8 Å². The van der Waals surface area contributed by atoms with E-state index in [1.807, 2.05) is 29.4 Å². The highest BCUT2D eigenvalue weighted by atomic mass is 32.2. The van der Waals surface area contributed by atoms with E-state index in [1.165, 1.54) is 12.8 Å². The van der Waals surface area contributed by atoms with Crippen LogP contribution in [0.15, 0.2) is 23.2 Å². The summed E-state index contributed by atoms with van der Waals surface area (Å²) in [4.78, 5) is 31.5. The molecule has 1 saturated carbocycles. The zero-order valence-corrected chi connectivity index (χ0v) is 21.7. The van der Waals surface area contributed by atoms with Gasteiger partial charge in [-0.05, 0) is 61.8 Å². The quantitative estimate of drug-likeness (QED) is 0.626. The van der Waals surface area contributed by atoms with Crippen LogP contribution >= 0.6 is 0 Å². The number of nitrogens with one attached hydrogen (secondary N) is 1. The van der Waals surface area contributed by atoms with Crippen molar-refractivity contribution in [1.29, 1.82) is 0 Å². The molecule has 186 valence electrons. The number of hydrogen-bond acceptors (Lipinski definition) is 5. The van der Waals surface area contributed by atoms with E-state index in [9.17, 15) is 14.1 Å². The monoisotopic (exact) mass is 486 g/mol. The number of benzene rings is 1. The van der Waals surface area contributed by atoms with Gasteiger partial charge in [0.1, 0.15) is 17.1 Å². The Balaban J connectivity index is 1.30. The number of amidine groups is 1. The van der Waals surface area contributed by atoms with E-state index in [1.54, 1.807) is 19.0 Å². The van der Waals surface area contributed by atoms with E-state index in [4.69, 9.17) is 4.99 Å². The van der Waals surface area contributed by atoms with Crippen molar-refractivity contribution in [1.82, 2.24) is 14.5 Å². The molecule has 1 saturated heterocycles. The maximum absolute atomic E-state index is 13.0. The fourth-order valence-corrected chi connectivity index (χ4v) is 6.60. The van der Waals surface area contributed by atoms with Crippen LogP contribution in [0.5, 0.6) is 0 Å². The zero-order chi connectivity index (χ0) is 24.5. The highest BCUT2D eigenvalue weighted by Crippen LogP contribution is 2.36. The molecule has 2 amide bonds. The minimum atomic E-state index is -1.10. The van der Waals surface area contributed by atoms with Crippen LogP contribution in [0.1, 0.15) is 66.9 Å². The molecule has 2 fully saturated rings. The number of carbonyl (C=O) groups is 2. The first-order valence-corrected chi connectivity index (χ1v) is 13.8. The minimum Gasteiger partial charge on any atom is -0.598 e. The summed E-state index contributed by atoms with van der Waals surface area (Å²) in [6, 6.07) is 5.73. The molecule has 1 aromatic carbocycles. The van der Waals surface area contributed by atoms with Crippen LogP contribution in [0.3, 0.4) is 0 Å². The number of aryl methyl sites for hydroxylation is 2. The Morgan fingerprint density at radius 3 is 2.53 bits per heavy atom. The van der Waals surface area contributed by atoms with Crippen molar-refractivity contribution < 1.29 is 14.1 Å². The van der Waals surface area contributed by atoms with E-state index in [0.29, 0.717) is 49.6 Å². The summed E-state index contributed by atoms with van der Waals surface area (Å²) in [5.74, 6) is 2.61. The zero-order valence-electron chi connectivity index (χ0n) is 20.9. The first-order valence-electron chi connectivity index (χ1n) is 12.5. The van der Waals surface area contributed by atoms with Crippen molar-refractivity contribution in [3.8, 4) is 0 Å². The van der Waals surface area contributed by atoms with Crippen LogP contribution in [0.4, 0.5) is 0 Å². The molecule has 1 aromatic rings. The first-order chi connectivity index (χ1) is 16.2. The van der Waals surface area contributed by atoms with Crippen LogP contribution < -0.4 is 5.32 Å². The van der Waals surface area contributed by atoms with Gasteiger partial charge in [-0.3, -0.25) is 14.6 Å². The third-order valence-electron chi connectivity index (χ3n) is 7.78. The molecule has 1 spiro atoms. The topological polar surface area (TPSA) is 88.1 Å². The Labute approximate surface area is 206 Å². The van der Waals surface area contributed by atoms with Gasteiger partial charge in [0.2, 0.25) is 0 Å². The van der Waals surface area contributed by atoms with E-state index < -0.39 is 16.9 Å². The number of hydrogen-bond donors (Lipinski definition) is 1. The van der Waals surface area contributed by atoms with Gasteiger partial charge in [-0.15, -0.1) is 4.31 Å². The Morgan fingerprint density at radius 2 is 1.91 bits per heavy atom. The van der Waals surface area contributed by atoms with E-state index in [2.05, 4.69) is 12.2 Å². The van der Waals surface area contributed by atoms with Crippen LogP contribution in [0.25, 0.3) is 0 Å². The second-order valence-electron chi connectivity index (χ2n) is 10.5. The molecular weight excluding hydrogens is 448 g/mol. The molecule has 3 aliphatic rings. The molecule has 7 nitrogen and oxygen atoms in total. The molecular formula is C26H38N4O3S. The smallest absolute Gasteiger partial charge is 0.253 e. The Morgan fingerprint density at radius 1 is 1.24 bits per heavy atom. The average Bonchev–Trinajstić information content (AvgIpc) is 3.13. The normalized spacial score (nSPS) is 25.7. The third-order valence-corrected chi connectivity index (χ3v) is 9.28. The van der Waals surface area contributed by atoms with Gasteiger partial charge in [-0.25, -0.2) is 0 Å². The van der Waals surface area contributed by atoms with Crippen LogP contribution in [0.2, 0.25) is 0 Å². The largest absolute Gasteiger partial charge is 0.598 e. The summed E-state index contributed by atoms with van der Waals surface area (Å²) in [7, 11) is 3.49. The fraction of sp³-hybridized carbons (Fsp3) is 0.654. The molecule has 4 rings (SSSR count). The molecule has 1 atom stereocenters. The number of aliphatic imine (C=N–C) groups is 1. The number of amides is 2. The van der Waals surface area contributed by atoms with Gasteiger partial charge >= 0.3 is 0 Å². The predicted octanol–water partition coefficient (Wildman–Crippen LogP) is 3.09.